The van der Waals surface area contributed by atoms with Crippen molar-refractivity contribution in [3.05, 3.63) is 29.8 Å². The number of methoxy groups -OCH3 is 1. The van der Waals surface area contributed by atoms with Gasteiger partial charge >= 0.3 is 5.97 Å². The summed E-state index contributed by atoms with van der Waals surface area (Å²) in [6, 6.07) is 6.81. The number of carbonyl (C=O) groups excluding carboxylic acids is 1. The molecule has 0 atom stereocenters. The lowest BCUT2D eigenvalue weighted by molar-refractivity contribution is -0.146. The molecule has 1 aromatic carbocycles. The topological polar surface area (TPSA) is 63.6 Å². The molecule has 1 aromatic rings. The fraction of sp³-hybridized carbons (Fsp3) is 0.385. The van der Waals surface area contributed by atoms with E-state index in [9.17, 15) is 9.59 Å². The van der Waals surface area contributed by atoms with Gasteiger partial charge in [-0.05, 0) is 26.0 Å². The summed E-state index contributed by atoms with van der Waals surface area (Å²) in [5, 5.41) is 8.98. The van der Waals surface area contributed by atoms with Crippen LogP contribution in [0, 0.1) is 5.41 Å². The molecule has 0 radical (unpaired) electrons. The highest BCUT2D eigenvalue weighted by Crippen LogP contribution is 2.26. The van der Waals surface area contributed by atoms with Crippen LogP contribution < -0.4 is 4.74 Å². The van der Waals surface area contributed by atoms with Gasteiger partial charge in [0, 0.05) is 6.42 Å². The quantitative estimate of drug-likeness (QED) is 0.797. The van der Waals surface area contributed by atoms with Gasteiger partial charge in [0.15, 0.2) is 5.78 Å². The molecule has 4 heteroatoms. The fourth-order valence-electron chi connectivity index (χ4n) is 1.45. The molecule has 0 fully saturated rings. The number of aliphatic carboxylic acids is 1. The van der Waals surface area contributed by atoms with Gasteiger partial charge in [-0.2, -0.15) is 0 Å². The van der Waals surface area contributed by atoms with Crippen molar-refractivity contribution in [2.75, 3.05) is 7.11 Å². The Bertz CT molecular complexity index is 435. The number of hydrogen-bond acceptors (Lipinski definition) is 3. The lowest BCUT2D eigenvalue weighted by atomic mass is 9.85. The zero-order valence-electron chi connectivity index (χ0n) is 10.2. The molecule has 0 aromatic heterocycles. The maximum Gasteiger partial charge on any atom is 0.309 e. The molecule has 0 saturated carbocycles. The van der Waals surface area contributed by atoms with Crippen LogP contribution >= 0.6 is 0 Å². The van der Waals surface area contributed by atoms with Crippen LogP contribution in [0.15, 0.2) is 24.3 Å². The lowest BCUT2D eigenvalue weighted by Gasteiger charge is -2.18. The Morgan fingerprint density at radius 2 is 1.88 bits per heavy atom. The zero-order chi connectivity index (χ0) is 13.1. The molecule has 0 bridgehead atoms. The molecule has 0 aliphatic rings. The molecule has 0 amide bonds. The van der Waals surface area contributed by atoms with E-state index in [1.54, 1.807) is 24.3 Å². The van der Waals surface area contributed by atoms with Gasteiger partial charge in [0.25, 0.3) is 0 Å². The predicted octanol–water partition coefficient (Wildman–Crippen LogP) is 2.38. The average Bonchev–Trinajstić information content (AvgIpc) is 2.28. The largest absolute Gasteiger partial charge is 0.496 e. The average molecular weight is 236 g/mol. The molecular weight excluding hydrogens is 220 g/mol. The van der Waals surface area contributed by atoms with E-state index in [1.165, 1.54) is 21.0 Å². The molecule has 0 saturated heterocycles. The summed E-state index contributed by atoms with van der Waals surface area (Å²) in [6.07, 6.45) is -0.0529. The van der Waals surface area contributed by atoms with E-state index in [1.807, 2.05) is 0 Å². The highest BCUT2D eigenvalue weighted by Gasteiger charge is 2.31. The van der Waals surface area contributed by atoms with Crippen LogP contribution in [-0.4, -0.2) is 24.0 Å². The highest BCUT2D eigenvalue weighted by atomic mass is 16.5. The van der Waals surface area contributed by atoms with Crippen molar-refractivity contribution in [1.82, 2.24) is 0 Å². The normalized spacial score (nSPS) is 11.0. The first kappa shape index (κ1) is 13.2. The molecule has 0 spiro atoms. The third-order valence-corrected chi connectivity index (χ3v) is 2.59. The van der Waals surface area contributed by atoms with E-state index in [-0.39, 0.29) is 12.2 Å². The van der Waals surface area contributed by atoms with Crippen molar-refractivity contribution in [3.8, 4) is 5.75 Å². The van der Waals surface area contributed by atoms with Gasteiger partial charge < -0.3 is 9.84 Å². The van der Waals surface area contributed by atoms with E-state index in [0.29, 0.717) is 11.3 Å². The van der Waals surface area contributed by atoms with Gasteiger partial charge in [-0.15, -0.1) is 0 Å². The van der Waals surface area contributed by atoms with Crippen molar-refractivity contribution in [2.24, 2.45) is 5.41 Å². The summed E-state index contributed by atoms with van der Waals surface area (Å²) in [5.41, 5.74) is -0.651. The molecule has 4 nitrogen and oxygen atoms in total. The van der Waals surface area contributed by atoms with Crippen LogP contribution in [-0.2, 0) is 4.79 Å². The summed E-state index contributed by atoms with van der Waals surface area (Å²) in [5.74, 6) is -0.741. The summed E-state index contributed by atoms with van der Waals surface area (Å²) >= 11 is 0. The fourth-order valence-corrected chi connectivity index (χ4v) is 1.45. The lowest BCUT2D eigenvalue weighted by Crippen LogP contribution is -2.27. The summed E-state index contributed by atoms with van der Waals surface area (Å²) < 4.78 is 5.07. The number of carboxylic acids is 1. The first-order valence-electron chi connectivity index (χ1n) is 5.28. The highest BCUT2D eigenvalue weighted by molar-refractivity contribution is 6.00. The Labute approximate surface area is 100 Å². The molecule has 0 aliphatic heterocycles. The molecule has 0 unspecified atom stereocenters. The molecular formula is C13H16O4. The van der Waals surface area contributed by atoms with E-state index in [2.05, 4.69) is 0 Å². The smallest absolute Gasteiger partial charge is 0.309 e. The number of carbonyl (C=O) groups is 2. The second-order valence-electron chi connectivity index (χ2n) is 4.49. The minimum absolute atomic E-state index is 0.0529. The number of ether oxygens (including phenoxy) is 1. The van der Waals surface area contributed by atoms with Crippen molar-refractivity contribution in [3.63, 3.8) is 0 Å². The molecule has 1 rings (SSSR count). The standard InChI is InChI=1S/C13H16O4/c1-13(2,12(15)16)8-10(14)9-6-4-5-7-11(9)17-3/h4-7H,8H2,1-3H3,(H,15,16). The number of hydrogen-bond donors (Lipinski definition) is 1. The van der Waals surface area contributed by atoms with Crippen LogP contribution in [0.25, 0.3) is 0 Å². The van der Waals surface area contributed by atoms with Crippen LogP contribution in [0.4, 0.5) is 0 Å². The molecule has 92 valence electrons. The van der Waals surface area contributed by atoms with Gasteiger partial charge in [-0.25, -0.2) is 0 Å². The Hall–Kier alpha value is -1.84. The Morgan fingerprint density at radius 3 is 2.41 bits per heavy atom. The Morgan fingerprint density at radius 1 is 1.29 bits per heavy atom. The number of carboxylic acid groups (broad SMARTS) is 1. The monoisotopic (exact) mass is 236 g/mol. The molecule has 0 heterocycles. The van der Waals surface area contributed by atoms with Gasteiger partial charge in [-0.1, -0.05) is 12.1 Å². The second-order valence-corrected chi connectivity index (χ2v) is 4.49. The van der Waals surface area contributed by atoms with Gasteiger partial charge in [0.1, 0.15) is 5.75 Å². The zero-order valence-corrected chi connectivity index (χ0v) is 10.2. The van der Waals surface area contributed by atoms with Crippen molar-refractivity contribution >= 4 is 11.8 Å². The van der Waals surface area contributed by atoms with Gasteiger partial charge in [0.05, 0.1) is 18.1 Å². The van der Waals surface area contributed by atoms with Crippen LogP contribution in [0.2, 0.25) is 0 Å². The number of benzene rings is 1. The van der Waals surface area contributed by atoms with Crippen LogP contribution in [0.3, 0.4) is 0 Å². The van der Waals surface area contributed by atoms with Gasteiger partial charge in [0.2, 0.25) is 0 Å². The first-order chi connectivity index (χ1) is 7.88. The number of para-hydroxylation sites is 1. The van der Waals surface area contributed by atoms with E-state index < -0.39 is 11.4 Å². The number of ketones is 1. The van der Waals surface area contributed by atoms with E-state index >= 15 is 0 Å². The second kappa shape index (κ2) is 4.99. The SMILES string of the molecule is COc1ccccc1C(=O)CC(C)(C)C(=O)O. The van der Waals surface area contributed by atoms with E-state index in [0.717, 1.165) is 0 Å². The van der Waals surface area contributed by atoms with Crippen molar-refractivity contribution < 1.29 is 19.4 Å². The third kappa shape index (κ3) is 3.06. The predicted molar refractivity (Wildman–Crippen MR) is 63.4 cm³/mol. The van der Waals surface area contributed by atoms with Crippen LogP contribution in [0.1, 0.15) is 30.6 Å². The number of rotatable bonds is 5. The minimum Gasteiger partial charge on any atom is -0.496 e. The third-order valence-electron chi connectivity index (χ3n) is 2.59. The van der Waals surface area contributed by atoms with E-state index in [4.69, 9.17) is 9.84 Å². The summed E-state index contributed by atoms with van der Waals surface area (Å²) in [4.78, 5) is 23.0. The summed E-state index contributed by atoms with van der Waals surface area (Å²) in [7, 11) is 1.48. The maximum absolute atomic E-state index is 12.0. The Balaban J connectivity index is 2.94. The van der Waals surface area contributed by atoms with Crippen molar-refractivity contribution in [1.29, 1.82) is 0 Å². The molecule has 0 aliphatic carbocycles. The maximum atomic E-state index is 12.0. The minimum atomic E-state index is -1.07. The van der Waals surface area contributed by atoms with Crippen LogP contribution in [0.5, 0.6) is 5.75 Å². The van der Waals surface area contributed by atoms with Gasteiger partial charge in [-0.3, -0.25) is 9.59 Å². The number of Topliss-reactive ketones (excluding diaryl/α,β-unsaturated/α-hetero) is 1. The molecule has 17 heavy (non-hydrogen) atoms. The summed E-state index contributed by atoms with van der Waals surface area (Å²) in [6.45, 7) is 3.06. The first-order valence-corrected chi connectivity index (χ1v) is 5.28. The van der Waals surface area contributed by atoms with Crippen molar-refractivity contribution in [2.45, 2.75) is 20.3 Å². The Kier molecular flexibility index (Phi) is 3.89. The molecule has 1 N–H and O–H groups in total.